The van der Waals surface area contributed by atoms with Gasteiger partial charge in [-0.15, -0.1) is 5.10 Å². The van der Waals surface area contributed by atoms with E-state index in [1.54, 1.807) is 7.11 Å². The van der Waals surface area contributed by atoms with Crippen LogP contribution < -0.4 is 19.6 Å². The zero-order chi connectivity index (χ0) is 23.8. The molecule has 0 aliphatic carbocycles. The minimum atomic E-state index is -0.182. The van der Waals surface area contributed by atoms with Gasteiger partial charge in [-0.05, 0) is 41.8 Å². The lowest BCUT2D eigenvalue weighted by molar-refractivity contribution is 0.285. The van der Waals surface area contributed by atoms with Crippen LogP contribution in [0.2, 0.25) is 0 Å². The fourth-order valence-electron chi connectivity index (χ4n) is 3.59. The molecular formula is C27H29N3O3S. The predicted octanol–water partition coefficient (Wildman–Crippen LogP) is 5.23. The maximum Gasteiger partial charge on any atom is 0.291 e. The van der Waals surface area contributed by atoms with Gasteiger partial charge in [0.25, 0.3) is 5.56 Å². The molecule has 176 valence electrons. The van der Waals surface area contributed by atoms with Crippen molar-refractivity contribution in [3.8, 4) is 11.5 Å². The van der Waals surface area contributed by atoms with Crippen LogP contribution in [0.15, 0.2) is 53.3 Å². The van der Waals surface area contributed by atoms with Crippen molar-refractivity contribution >= 4 is 34.5 Å². The Balaban J connectivity index is 1.48. The number of ether oxygens (including phenoxy) is 2. The molecule has 0 aliphatic rings. The molecule has 0 unspecified atom stereocenters. The number of aromatic nitrogens is 3. The smallest absolute Gasteiger partial charge is 0.291 e. The normalized spacial score (nSPS) is 12.1. The second-order valence-corrected chi connectivity index (χ2v) is 9.01. The van der Waals surface area contributed by atoms with Crippen LogP contribution in [0.3, 0.4) is 0 Å². The Morgan fingerprint density at radius 1 is 0.971 bits per heavy atom. The molecule has 0 fully saturated rings. The topological polar surface area (TPSA) is 65.7 Å². The molecule has 34 heavy (non-hydrogen) atoms. The third kappa shape index (κ3) is 5.91. The first-order chi connectivity index (χ1) is 16.7. The maximum absolute atomic E-state index is 12.9. The summed E-state index contributed by atoms with van der Waals surface area (Å²) in [7, 11) is 1.62. The van der Waals surface area contributed by atoms with Gasteiger partial charge in [0.15, 0.2) is 17.3 Å². The molecule has 0 atom stereocenters. The highest BCUT2D eigenvalue weighted by Gasteiger charge is 2.10. The summed E-state index contributed by atoms with van der Waals surface area (Å²) in [5.74, 6) is 1.88. The van der Waals surface area contributed by atoms with Crippen molar-refractivity contribution in [2.45, 2.75) is 39.0 Å². The Morgan fingerprint density at radius 2 is 1.79 bits per heavy atom. The highest BCUT2D eigenvalue weighted by Crippen LogP contribution is 2.28. The van der Waals surface area contributed by atoms with Crippen LogP contribution in [0.5, 0.6) is 11.5 Å². The van der Waals surface area contributed by atoms with Crippen molar-refractivity contribution in [1.29, 1.82) is 0 Å². The van der Waals surface area contributed by atoms with Crippen LogP contribution in [0, 0.1) is 0 Å². The van der Waals surface area contributed by atoms with Crippen LogP contribution in [0.4, 0.5) is 0 Å². The first-order valence-corrected chi connectivity index (χ1v) is 12.4. The van der Waals surface area contributed by atoms with Crippen LogP contribution >= 0.6 is 11.3 Å². The number of fused-ring (bicyclic) bond motifs is 1. The van der Waals surface area contributed by atoms with Gasteiger partial charge < -0.3 is 9.47 Å². The Bertz CT molecular complexity index is 1360. The molecule has 2 heterocycles. The Labute approximate surface area is 203 Å². The Hall–Kier alpha value is -3.45. The number of nitrogens with zero attached hydrogens (tertiary/aromatic N) is 3. The molecule has 0 saturated heterocycles. The predicted molar refractivity (Wildman–Crippen MR) is 139 cm³/mol. The number of thiazole rings is 1. The third-order valence-electron chi connectivity index (χ3n) is 5.41. The van der Waals surface area contributed by atoms with Crippen molar-refractivity contribution in [3.63, 3.8) is 0 Å². The van der Waals surface area contributed by atoms with Crippen molar-refractivity contribution in [2.24, 2.45) is 0 Å². The summed E-state index contributed by atoms with van der Waals surface area (Å²) < 4.78 is 13.4. The average Bonchev–Trinajstić information content (AvgIpc) is 3.39. The van der Waals surface area contributed by atoms with Crippen molar-refractivity contribution in [1.82, 2.24) is 14.6 Å². The van der Waals surface area contributed by atoms with Gasteiger partial charge in [-0.1, -0.05) is 86.4 Å². The van der Waals surface area contributed by atoms with Gasteiger partial charge in [-0.3, -0.25) is 4.79 Å². The fraction of sp³-hybridized carbons (Fsp3) is 0.296. The summed E-state index contributed by atoms with van der Waals surface area (Å²) in [5.41, 5.74) is 1.73. The van der Waals surface area contributed by atoms with Crippen LogP contribution in [-0.2, 0) is 0 Å². The van der Waals surface area contributed by atoms with Gasteiger partial charge in [0.2, 0.25) is 4.96 Å². The quantitative estimate of drug-likeness (QED) is 0.278. The summed E-state index contributed by atoms with van der Waals surface area (Å²) in [5, 5.41) is 4.35. The van der Waals surface area contributed by atoms with Crippen molar-refractivity contribution in [3.05, 3.63) is 80.4 Å². The third-order valence-corrected chi connectivity index (χ3v) is 6.37. The number of rotatable bonds is 11. The maximum atomic E-state index is 12.9. The molecule has 2 aromatic heterocycles. The second-order valence-electron chi connectivity index (χ2n) is 8.00. The lowest BCUT2D eigenvalue weighted by Gasteiger charge is -2.11. The molecule has 0 bridgehead atoms. The average molecular weight is 476 g/mol. The number of unbranched alkanes of at least 4 members (excludes halogenated alkanes) is 4. The Kier molecular flexibility index (Phi) is 8.09. The largest absolute Gasteiger partial charge is 0.493 e. The zero-order valence-corrected chi connectivity index (χ0v) is 20.4. The van der Waals surface area contributed by atoms with E-state index in [-0.39, 0.29) is 5.56 Å². The van der Waals surface area contributed by atoms with E-state index in [1.807, 2.05) is 66.8 Å². The lowest BCUT2D eigenvalue weighted by atomic mass is 10.1. The minimum absolute atomic E-state index is 0.182. The summed E-state index contributed by atoms with van der Waals surface area (Å²) in [4.78, 5) is 17.9. The number of methoxy groups -OCH3 is 1. The number of benzene rings is 2. The molecule has 4 aromatic rings. The molecule has 0 amide bonds. The second kappa shape index (κ2) is 11.6. The van der Waals surface area contributed by atoms with E-state index in [0.717, 1.165) is 23.3 Å². The highest BCUT2D eigenvalue weighted by atomic mass is 32.1. The van der Waals surface area contributed by atoms with Crippen LogP contribution in [-0.4, -0.2) is 28.3 Å². The van der Waals surface area contributed by atoms with Gasteiger partial charge in [0, 0.05) is 0 Å². The first-order valence-electron chi connectivity index (χ1n) is 11.6. The van der Waals surface area contributed by atoms with E-state index >= 15 is 0 Å². The number of hydrogen-bond acceptors (Lipinski definition) is 6. The van der Waals surface area contributed by atoms with E-state index in [0.29, 0.717) is 27.7 Å². The van der Waals surface area contributed by atoms with Gasteiger partial charge in [0.05, 0.1) is 18.2 Å². The molecule has 7 heteroatoms. The van der Waals surface area contributed by atoms with E-state index in [4.69, 9.17) is 9.47 Å². The summed E-state index contributed by atoms with van der Waals surface area (Å²) >= 11 is 1.32. The monoisotopic (exact) mass is 475 g/mol. The minimum Gasteiger partial charge on any atom is -0.493 e. The molecule has 0 radical (unpaired) electrons. The summed E-state index contributed by atoms with van der Waals surface area (Å²) in [6.45, 7) is 2.88. The molecule has 0 N–H and O–H groups in total. The van der Waals surface area contributed by atoms with Crippen molar-refractivity contribution in [2.75, 3.05) is 13.7 Å². The SMILES string of the molecule is CCCCCCCOc1ccc(/C=c2\sc3nc(/C=C/c4ccccc4)nn3c2=O)cc1OC. The zero-order valence-electron chi connectivity index (χ0n) is 19.6. The molecule has 0 aliphatic heterocycles. The summed E-state index contributed by atoms with van der Waals surface area (Å²) in [6, 6.07) is 15.6. The summed E-state index contributed by atoms with van der Waals surface area (Å²) in [6.07, 6.45) is 11.5. The fourth-order valence-corrected chi connectivity index (χ4v) is 4.50. The molecule has 6 nitrogen and oxygen atoms in total. The van der Waals surface area contributed by atoms with E-state index in [2.05, 4.69) is 17.0 Å². The molecule has 0 spiro atoms. The molecular weight excluding hydrogens is 446 g/mol. The number of hydrogen-bond donors (Lipinski definition) is 0. The van der Waals surface area contributed by atoms with Gasteiger partial charge in [-0.25, -0.2) is 0 Å². The van der Waals surface area contributed by atoms with Crippen LogP contribution in [0.25, 0.3) is 23.2 Å². The Morgan fingerprint density at radius 3 is 2.56 bits per heavy atom. The van der Waals surface area contributed by atoms with Gasteiger partial charge >= 0.3 is 0 Å². The standard InChI is InChI=1S/C27H29N3O3S/c1-3-4-5-6-10-17-33-22-15-13-21(18-23(22)32-2)19-24-26(31)30-27(34-24)28-25(29-30)16-14-20-11-8-7-9-12-20/h7-9,11-16,18-19H,3-6,10,17H2,1-2H3/b16-14+,24-19-. The van der Waals surface area contributed by atoms with Crippen molar-refractivity contribution < 1.29 is 9.47 Å². The highest BCUT2D eigenvalue weighted by molar-refractivity contribution is 7.15. The molecule has 0 saturated carbocycles. The molecule has 4 rings (SSSR count). The van der Waals surface area contributed by atoms with E-state index < -0.39 is 0 Å². The van der Waals surface area contributed by atoms with Gasteiger partial charge in [0.1, 0.15) is 0 Å². The van der Waals surface area contributed by atoms with Crippen LogP contribution in [0.1, 0.15) is 56.0 Å². The molecule has 2 aromatic carbocycles. The van der Waals surface area contributed by atoms with E-state index in [9.17, 15) is 4.79 Å². The van der Waals surface area contributed by atoms with Gasteiger partial charge in [-0.2, -0.15) is 9.50 Å². The lowest BCUT2D eigenvalue weighted by Crippen LogP contribution is -2.23. The first kappa shape index (κ1) is 23.7. The van der Waals surface area contributed by atoms with E-state index in [1.165, 1.54) is 41.5 Å².